The van der Waals surface area contributed by atoms with Crippen LogP contribution in [0, 0.1) is 0 Å². The second-order valence-corrected chi connectivity index (χ2v) is 5.31. The summed E-state index contributed by atoms with van der Waals surface area (Å²) >= 11 is 0. The van der Waals surface area contributed by atoms with Gasteiger partial charge in [0.15, 0.2) is 0 Å². The first-order chi connectivity index (χ1) is 9.96. The van der Waals surface area contributed by atoms with Crippen LogP contribution in [0.4, 0.5) is 0 Å². The molecule has 1 heterocycles. The van der Waals surface area contributed by atoms with Gasteiger partial charge in [0.25, 0.3) is 5.91 Å². The van der Waals surface area contributed by atoms with E-state index < -0.39 is 11.5 Å². The lowest BCUT2D eigenvalue weighted by Crippen LogP contribution is -2.50. The van der Waals surface area contributed by atoms with Crippen LogP contribution < -0.4 is 10.5 Å². The number of hydrogen-bond donors (Lipinski definition) is 2. The first-order valence-electron chi connectivity index (χ1n) is 7.00. The minimum atomic E-state index is -1.34. The minimum Gasteiger partial charge on any atom is -0.494 e. The molecule has 6 heteroatoms. The quantitative estimate of drug-likeness (QED) is 0.848. The van der Waals surface area contributed by atoms with Gasteiger partial charge in [0.05, 0.1) is 6.61 Å². The zero-order chi connectivity index (χ0) is 15.5. The first kappa shape index (κ1) is 15.3. The number of rotatable bonds is 5. The highest BCUT2D eigenvalue weighted by molar-refractivity contribution is 5.95. The number of carbonyl (C=O) groups excluding carboxylic acids is 1. The summed E-state index contributed by atoms with van der Waals surface area (Å²) in [6.07, 6.45) is 1.15. The number of carbonyl (C=O) groups is 2. The van der Waals surface area contributed by atoms with Crippen LogP contribution in [0.5, 0.6) is 5.75 Å². The molecular formula is C15H20N2O4. The number of benzene rings is 1. The summed E-state index contributed by atoms with van der Waals surface area (Å²) in [7, 11) is 0. The van der Waals surface area contributed by atoms with E-state index >= 15 is 0 Å². The molecule has 1 fully saturated rings. The van der Waals surface area contributed by atoms with E-state index in [9.17, 15) is 9.59 Å². The van der Waals surface area contributed by atoms with Crippen molar-refractivity contribution in [2.24, 2.45) is 5.73 Å². The van der Waals surface area contributed by atoms with Crippen LogP contribution in [0.15, 0.2) is 24.3 Å². The second-order valence-electron chi connectivity index (χ2n) is 5.31. The van der Waals surface area contributed by atoms with Gasteiger partial charge in [0, 0.05) is 18.7 Å². The molecule has 3 N–H and O–H groups in total. The summed E-state index contributed by atoms with van der Waals surface area (Å²) in [6, 6.07) is 6.91. The number of carboxylic acid groups (broad SMARTS) is 1. The van der Waals surface area contributed by atoms with Gasteiger partial charge in [-0.3, -0.25) is 9.59 Å². The van der Waals surface area contributed by atoms with Crippen molar-refractivity contribution < 1.29 is 19.4 Å². The molecular weight excluding hydrogens is 272 g/mol. The number of nitrogens with zero attached hydrogens (tertiary/aromatic N) is 1. The summed E-state index contributed by atoms with van der Waals surface area (Å²) in [4.78, 5) is 25.0. The van der Waals surface area contributed by atoms with Gasteiger partial charge in [0.2, 0.25) is 0 Å². The van der Waals surface area contributed by atoms with Crippen molar-refractivity contribution in [3.05, 3.63) is 29.8 Å². The summed E-state index contributed by atoms with van der Waals surface area (Å²) in [6.45, 7) is 2.97. The van der Waals surface area contributed by atoms with Crippen molar-refractivity contribution in [1.82, 2.24) is 4.90 Å². The van der Waals surface area contributed by atoms with Crippen LogP contribution in [0.1, 0.15) is 30.1 Å². The Kier molecular flexibility index (Phi) is 4.47. The molecule has 1 aromatic carbocycles. The summed E-state index contributed by atoms with van der Waals surface area (Å²) in [5.74, 6) is -0.650. The Hall–Kier alpha value is -2.08. The standard InChI is InChI=1S/C15H20N2O4/c1-2-8-21-12-5-3-4-11(9-12)13(18)17-7-6-15(16,10-17)14(19)20/h3-5,9H,2,6-8,10,16H2,1H3,(H,19,20). The zero-order valence-corrected chi connectivity index (χ0v) is 12.0. The Labute approximate surface area is 123 Å². The van der Waals surface area contributed by atoms with Gasteiger partial charge in [-0.05, 0) is 31.0 Å². The Balaban J connectivity index is 2.09. The predicted octanol–water partition coefficient (Wildman–Crippen LogP) is 1.10. The van der Waals surface area contributed by atoms with Gasteiger partial charge >= 0.3 is 5.97 Å². The third-order valence-corrected chi connectivity index (χ3v) is 3.57. The number of ether oxygens (including phenoxy) is 1. The molecule has 0 spiro atoms. The molecule has 0 aromatic heterocycles. The smallest absolute Gasteiger partial charge is 0.325 e. The van der Waals surface area contributed by atoms with Gasteiger partial charge in [-0.15, -0.1) is 0 Å². The molecule has 0 radical (unpaired) electrons. The second kappa shape index (κ2) is 6.13. The molecule has 1 unspecified atom stereocenters. The molecule has 6 nitrogen and oxygen atoms in total. The van der Waals surface area contributed by atoms with E-state index in [4.69, 9.17) is 15.6 Å². The third-order valence-electron chi connectivity index (χ3n) is 3.57. The Morgan fingerprint density at radius 3 is 2.86 bits per heavy atom. The molecule has 114 valence electrons. The van der Waals surface area contributed by atoms with Gasteiger partial charge < -0.3 is 20.5 Å². The van der Waals surface area contributed by atoms with Crippen LogP contribution in [0.25, 0.3) is 0 Å². The maximum absolute atomic E-state index is 12.4. The largest absolute Gasteiger partial charge is 0.494 e. The summed E-state index contributed by atoms with van der Waals surface area (Å²) < 4.78 is 5.50. The lowest BCUT2D eigenvalue weighted by molar-refractivity contribution is -0.142. The number of hydrogen-bond acceptors (Lipinski definition) is 4. The molecule has 1 amide bonds. The number of nitrogens with two attached hydrogens (primary N) is 1. The average Bonchev–Trinajstić information content (AvgIpc) is 2.88. The monoisotopic (exact) mass is 292 g/mol. The molecule has 1 aliphatic rings. The van der Waals surface area contributed by atoms with Crippen LogP contribution in [0.3, 0.4) is 0 Å². The van der Waals surface area contributed by atoms with Crippen LogP contribution in [0.2, 0.25) is 0 Å². The molecule has 1 aromatic rings. The molecule has 1 aliphatic heterocycles. The fourth-order valence-electron chi connectivity index (χ4n) is 2.30. The molecule has 21 heavy (non-hydrogen) atoms. The maximum atomic E-state index is 12.4. The molecule has 2 rings (SSSR count). The lowest BCUT2D eigenvalue weighted by Gasteiger charge is -2.20. The van der Waals surface area contributed by atoms with Crippen molar-refractivity contribution in [2.45, 2.75) is 25.3 Å². The van der Waals surface area contributed by atoms with E-state index in [1.54, 1.807) is 24.3 Å². The Morgan fingerprint density at radius 2 is 2.24 bits per heavy atom. The van der Waals surface area contributed by atoms with Gasteiger partial charge in [-0.25, -0.2) is 0 Å². The van der Waals surface area contributed by atoms with Crippen molar-refractivity contribution in [1.29, 1.82) is 0 Å². The molecule has 1 saturated heterocycles. The van der Waals surface area contributed by atoms with E-state index in [1.165, 1.54) is 4.90 Å². The molecule has 1 atom stereocenters. The van der Waals surface area contributed by atoms with Gasteiger partial charge in [-0.2, -0.15) is 0 Å². The van der Waals surface area contributed by atoms with Crippen LogP contribution in [-0.2, 0) is 4.79 Å². The van der Waals surface area contributed by atoms with Gasteiger partial charge in [0.1, 0.15) is 11.3 Å². The maximum Gasteiger partial charge on any atom is 0.325 e. The highest BCUT2D eigenvalue weighted by Crippen LogP contribution is 2.22. The van der Waals surface area contributed by atoms with E-state index in [0.717, 1.165) is 6.42 Å². The number of likely N-dealkylation sites (tertiary alicyclic amines) is 1. The number of carboxylic acids is 1. The SMILES string of the molecule is CCCOc1cccc(C(=O)N2CCC(N)(C(=O)O)C2)c1. The van der Waals surface area contributed by atoms with Crippen molar-refractivity contribution >= 4 is 11.9 Å². The first-order valence-corrected chi connectivity index (χ1v) is 7.00. The summed E-state index contributed by atoms with van der Waals surface area (Å²) in [5, 5.41) is 9.10. The third kappa shape index (κ3) is 3.33. The average molecular weight is 292 g/mol. The van der Waals surface area contributed by atoms with E-state index in [2.05, 4.69) is 0 Å². The van der Waals surface area contributed by atoms with Crippen LogP contribution in [-0.4, -0.2) is 47.1 Å². The molecule has 0 aliphatic carbocycles. The predicted molar refractivity (Wildman–Crippen MR) is 77.3 cm³/mol. The van der Waals surface area contributed by atoms with E-state index in [0.29, 0.717) is 24.5 Å². The minimum absolute atomic E-state index is 0.0290. The normalized spacial score (nSPS) is 21.3. The fourth-order valence-corrected chi connectivity index (χ4v) is 2.30. The lowest BCUT2D eigenvalue weighted by atomic mass is 10.0. The van der Waals surface area contributed by atoms with Gasteiger partial charge in [-0.1, -0.05) is 13.0 Å². The topological polar surface area (TPSA) is 92.9 Å². The highest BCUT2D eigenvalue weighted by atomic mass is 16.5. The molecule has 0 bridgehead atoms. The van der Waals surface area contributed by atoms with Crippen molar-refractivity contribution in [2.75, 3.05) is 19.7 Å². The Bertz CT molecular complexity index is 546. The van der Waals surface area contributed by atoms with E-state index in [1.807, 2.05) is 6.92 Å². The Morgan fingerprint density at radius 1 is 1.48 bits per heavy atom. The zero-order valence-electron chi connectivity index (χ0n) is 12.0. The highest BCUT2D eigenvalue weighted by Gasteiger charge is 2.43. The fraction of sp³-hybridized carbons (Fsp3) is 0.467. The summed E-state index contributed by atoms with van der Waals surface area (Å²) in [5.41, 5.74) is 4.93. The molecule has 0 saturated carbocycles. The number of aliphatic carboxylic acids is 1. The van der Waals surface area contributed by atoms with Crippen LogP contribution >= 0.6 is 0 Å². The van der Waals surface area contributed by atoms with Crippen molar-refractivity contribution in [3.63, 3.8) is 0 Å². The van der Waals surface area contributed by atoms with Crippen molar-refractivity contribution in [3.8, 4) is 5.75 Å². The van der Waals surface area contributed by atoms with E-state index in [-0.39, 0.29) is 18.9 Å². The number of amides is 1.